The second-order valence-corrected chi connectivity index (χ2v) is 7.37. The van der Waals surface area contributed by atoms with Crippen molar-refractivity contribution in [3.8, 4) is 0 Å². The topological polar surface area (TPSA) is 71.9 Å². The number of ketones is 2. The van der Waals surface area contributed by atoms with Crippen LogP contribution in [0.4, 0.5) is 0 Å². The molecule has 2 aromatic rings. The van der Waals surface area contributed by atoms with E-state index in [1.54, 1.807) is 22.8 Å². The largest absolute Gasteiger partial charge is 0.326 e. The van der Waals surface area contributed by atoms with Gasteiger partial charge in [-0.1, -0.05) is 26.0 Å². The van der Waals surface area contributed by atoms with Crippen molar-refractivity contribution in [2.45, 2.75) is 53.0 Å². The van der Waals surface area contributed by atoms with Gasteiger partial charge in [-0.2, -0.15) is 0 Å². The molecule has 0 unspecified atom stereocenters. The molecule has 1 atom stereocenters. The number of aromatic amines is 1. The van der Waals surface area contributed by atoms with Crippen LogP contribution in [0, 0.1) is 11.8 Å². The predicted molar refractivity (Wildman–Crippen MR) is 105 cm³/mol. The number of aromatic nitrogens is 2. The highest BCUT2D eigenvalue weighted by atomic mass is 16.1. The van der Waals surface area contributed by atoms with Gasteiger partial charge in [0.15, 0.2) is 5.78 Å². The van der Waals surface area contributed by atoms with Crippen LogP contribution in [0.1, 0.15) is 63.4 Å². The van der Waals surface area contributed by atoms with Gasteiger partial charge in [-0.25, -0.2) is 4.79 Å². The maximum atomic E-state index is 12.9. The number of Topliss-reactive ketones (excluding diaryl/α,β-unsaturated/α-hetero) is 2. The van der Waals surface area contributed by atoms with Gasteiger partial charge in [-0.05, 0) is 38.3 Å². The van der Waals surface area contributed by atoms with Crippen molar-refractivity contribution in [2.75, 3.05) is 0 Å². The lowest BCUT2D eigenvalue weighted by molar-refractivity contribution is -0.124. The number of para-hydroxylation sites is 1. The number of allylic oxidation sites excluding steroid dienone is 1. The van der Waals surface area contributed by atoms with Gasteiger partial charge < -0.3 is 4.98 Å². The Kier molecular flexibility index (Phi) is 6.35. The molecule has 0 bridgehead atoms. The molecule has 0 amide bonds. The average Bonchev–Trinajstić information content (AvgIpc) is 2.92. The number of hydrogen-bond donors (Lipinski definition) is 1. The van der Waals surface area contributed by atoms with E-state index in [0.717, 1.165) is 5.52 Å². The van der Waals surface area contributed by atoms with Crippen LogP contribution in [0.5, 0.6) is 0 Å². The number of benzene rings is 1. The number of fused-ring (bicyclic) bond motifs is 1. The quantitative estimate of drug-likeness (QED) is 0.538. The molecule has 5 nitrogen and oxygen atoms in total. The molecule has 1 heterocycles. The number of rotatable bonds is 9. The molecule has 1 aromatic carbocycles. The lowest BCUT2D eigenvalue weighted by Gasteiger charge is -2.19. The third-order valence-electron chi connectivity index (χ3n) is 4.79. The molecular weight excluding hydrogens is 328 g/mol. The van der Waals surface area contributed by atoms with Gasteiger partial charge in [0.25, 0.3) is 0 Å². The van der Waals surface area contributed by atoms with Gasteiger partial charge in [0.05, 0.1) is 11.0 Å². The van der Waals surface area contributed by atoms with Crippen LogP contribution in [0.3, 0.4) is 0 Å². The third kappa shape index (κ3) is 4.03. The van der Waals surface area contributed by atoms with E-state index in [0.29, 0.717) is 23.9 Å². The fourth-order valence-corrected chi connectivity index (χ4v) is 3.35. The SMILES string of the molecule is C=CCCC(=O)[C@@H](CC(=O)c1cccc2c1[nH]c(=O)n2C(C)C)C(C)C. The Bertz CT molecular complexity index is 871. The first-order valence-corrected chi connectivity index (χ1v) is 9.18. The Morgan fingerprint density at radius 2 is 1.92 bits per heavy atom. The molecule has 0 saturated carbocycles. The highest BCUT2D eigenvalue weighted by Gasteiger charge is 2.26. The summed E-state index contributed by atoms with van der Waals surface area (Å²) in [5.41, 5.74) is 1.52. The molecule has 140 valence electrons. The Morgan fingerprint density at radius 3 is 2.50 bits per heavy atom. The maximum absolute atomic E-state index is 12.9. The van der Waals surface area contributed by atoms with Crippen LogP contribution in [-0.2, 0) is 4.79 Å². The van der Waals surface area contributed by atoms with Crippen LogP contribution in [0.2, 0.25) is 0 Å². The van der Waals surface area contributed by atoms with Gasteiger partial charge >= 0.3 is 5.69 Å². The molecule has 26 heavy (non-hydrogen) atoms. The van der Waals surface area contributed by atoms with Crippen molar-refractivity contribution >= 4 is 22.6 Å². The first-order chi connectivity index (χ1) is 12.3. The summed E-state index contributed by atoms with van der Waals surface area (Å²) in [6.45, 7) is 11.4. The van der Waals surface area contributed by atoms with E-state index in [1.807, 2.05) is 33.8 Å². The number of imidazole rings is 1. The molecule has 0 radical (unpaired) electrons. The minimum atomic E-state index is -0.323. The first-order valence-electron chi connectivity index (χ1n) is 9.18. The molecule has 0 saturated heterocycles. The fourth-order valence-electron chi connectivity index (χ4n) is 3.35. The van der Waals surface area contributed by atoms with E-state index in [9.17, 15) is 14.4 Å². The molecule has 2 rings (SSSR count). The maximum Gasteiger partial charge on any atom is 0.326 e. The lowest BCUT2D eigenvalue weighted by atomic mass is 9.84. The van der Waals surface area contributed by atoms with Crippen LogP contribution < -0.4 is 5.69 Å². The Hall–Kier alpha value is -2.43. The molecule has 0 aliphatic heterocycles. The van der Waals surface area contributed by atoms with Crippen LogP contribution in [0.15, 0.2) is 35.6 Å². The zero-order chi connectivity index (χ0) is 19.4. The summed E-state index contributed by atoms with van der Waals surface area (Å²) in [6.07, 6.45) is 2.90. The summed E-state index contributed by atoms with van der Waals surface area (Å²) in [4.78, 5) is 40.5. The number of H-pyrrole nitrogens is 1. The molecule has 0 fully saturated rings. The second-order valence-electron chi connectivity index (χ2n) is 7.37. The highest BCUT2D eigenvalue weighted by molar-refractivity contribution is 6.07. The molecule has 0 aliphatic rings. The highest BCUT2D eigenvalue weighted by Crippen LogP contribution is 2.25. The van der Waals surface area contributed by atoms with E-state index in [4.69, 9.17) is 0 Å². The number of carbonyl (C=O) groups excluding carboxylic acids is 2. The van der Waals surface area contributed by atoms with E-state index in [1.165, 1.54) is 0 Å². The van der Waals surface area contributed by atoms with E-state index >= 15 is 0 Å². The van der Waals surface area contributed by atoms with Gasteiger partial charge in [0.2, 0.25) is 0 Å². The van der Waals surface area contributed by atoms with Crippen molar-refractivity contribution in [2.24, 2.45) is 11.8 Å². The van der Waals surface area contributed by atoms with Crippen molar-refractivity contribution < 1.29 is 9.59 Å². The Balaban J connectivity index is 2.37. The normalized spacial score (nSPS) is 12.7. The summed E-state index contributed by atoms with van der Waals surface area (Å²) >= 11 is 0. The standard InChI is InChI=1S/C21H28N2O3/c1-6-7-11-18(24)16(13(2)3)12-19(25)15-9-8-10-17-20(15)22-21(26)23(17)14(4)5/h6,8-10,13-14,16H,1,7,11-12H2,2-5H3,(H,22,26)/t16-/m0/s1. The minimum Gasteiger partial charge on any atom is -0.305 e. The van der Waals surface area contributed by atoms with Gasteiger partial charge in [-0.15, -0.1) is 6.58 Å². The van der Waals surface area contributed by atoms with Crippen molar-refractivity contribution in [1.29, 1.82) is 0 Å². The zero-order valence-corrected chi connectivity index (χ0v) is 16.0. The molecule has 5 heteroatoms. The van der Waals surface area contributed by atoms with Gasteiger partial charge in [-0.3, -0.25) is 14.2 Å². The molecule has 1 aromatic heterocycles. The van der Waals surface area contributed by atoms with Crippen LogP contribution in [0.25, 0.3) is 11.0 Å². The van der Waals surface area contributed by atoms with Gasteiger partial charge in [0.1, 0.15) is 5.78 Å². The summed E-state index contributed by atoms with van der Waals surface area (Å²) in [7, 11) is 0. The minimum absolute atomic E-state index is 0.00880. The molecule has 0 aliphatic carbocycles. The monoisotopic (exact) mass is 356 g/mol. The van der Waals surface area contributed by atoms with E-state index in [-0.39, 0.29) is 41.6 Å². The molecule has 0 spiro atoms. The van der Waals surface area contributed by atoms with E-state index < -0.39 is 0 Å². The molecular formula is C21H28N2O3. The third-order valence-corrected chi connectivity index (χ3v) is 4.79. The number of carbonyl (C=O) groups is 2. The number of nitrogens with one attached hydrogen (secondary N) is 1. The summed E-state index contributed by atoms with van der Waals surface area (Å²) in [6, 6.07) is 5.33. The zero-order valence-electron chi connectivity index (χ0n) is 16.0. The van der Waals surface area contributed by atoms with Gasteiger partial charge in [0, 0.05) is 30.4 Å². The van der Waals surface area contributed by atoms with Crippen molar-refractivity contribution in [1.82, 2.24) is 9.55 Å². The summed E-state index contributed by atoms with van der Waals surface area (Å²) in [5.74, 6) is -0.265. The summed E-state index contributed by atoms with van der Waals surface area (Å²) in [5, 5.41) is 0. The number of hydrogen-bond acceptors (Lipinski definition) is 3. The van der Waals surface area contributed by atoms with Crippen molar-refractivity contribution in [3.63, 3.8) is 0 Å². The second kappa shape index (κ2) is 8.30. The smallest absolute Gasteiger partial charge is 0.305 e. The lowest BCUT2D eigenvalue weighted by Crippen LogP contribution is -2.23. The Labute approximate surface area is 154 Å². The summed E-state index contributed by atoms with van der Waals surface area (Å²) < 4.78 is 1.64. The van der Waals surface area contributed by atoms with Crippen molar-refractivity contribution in [3.05, 3.63) is 46.9 Å². The predicted octanol–water partition coefficient (Wildman–Crippen LogP) is 4.29. The van der Waals surface area contributed by atoms with E-state index in [2.05, 4.69) is 11.6 Å². The number of nitrogens with zero attached hydrogens (tertiary/aromatic N) is 1. The first kappa shape index (κ1) is 19.9. The fraction of sp³-hybridized carbons (Fsp3) is 0.476. The van der Waals surface area contributed by atoms with Crippen LogP contribution in [-0.4, -0.2) is 21.1 Å². The molecule has 1 N–H and O–H groups in total. The Morgan fingerprint density at radius 1 is 1.23 bits per heavy atom. The average molecular weight is 356 g/mol. The van der Waals surface area contributed by atoms with Crippen LogP contribution >= 0.6 is 0 Å².